The van der Waals surface area contributed by atoms with Crippen LogP contribution in [0, 0.1) is 0 Å². The van der Waals surface area contributed by atoms with Crippen LogP contribution in [-0.2, 0) is 24.3 Å². The zero-order chi connectivity index (χ0) is 25.3. The maximum Gasteiger partial charge on any atom is 0.410 e. The molecule has 1 aliphatic rings. The monoisotopic (exact) mass is 485 g/mol. The summed E-state index contributed by atoms with van der Waals surface area (Å²) in [6, 6.07) is 21.4. The highest BCUT2D eigenvalue weighted by atomic mass is 16.6. The van der Waals surface area contributed by atoms with E-state index in [1.807, 2.05) is 75.4 Å². The molecule has 7 nitrogen and oxygen atoms in total. The average Bonchev–Trinajstić information content (AvgIpc) is 3.05. The first-order chi connectivity index (χ1) is 17.3. The van der Waals surface area contributed by atoms with Crippen molar-refractivity contribution < 1.29 is 14.3 Å². The number of hydrogen-bond acceptors (Lipinski definition) is 4. The summed E-state index contributed by atoms with van der Waals surface area (Å²) in [5, 5.41) is 1.07. The molecule has 0 bridgehead atoms. The van der Waals surface area contributed by atoms with Crippen LogP contribution >= 0.6 is 0 Å². The van der Waals surface area contributed by atoms with E-state index < -0.39 is 5.60 Å². The lowest BCUT2D eigenvalue weighted by Gasteiger charge is -2.26. The molecule has 0 fully saturated rings. The molecule has 7 heteroatoms. The number of hydrogen-bond donors (Lipinski definition) is 0. The number of pyridine rings is 1. The number of aromatic nitrogens is 2. The van der Waals surface area contributed by atoms with Crippen LogP contribution in [0.4, 0.5) is 4.79 Å². The van der Waals surface area contributed by atoms with Gasteiger partial charge in [-0.2, -0.15) is 0 Å². The van der Waals surface area contributed by atoms with Crippen molar-refractivity contribution in [2.24, 2.45) is 0 Å². The Morgan fingerprint density at radius 3 is 2.50 bits per heavy atom. The highest BCUT2D eigenvalue weighted by molar-refractivity contribution is 5.83. The fourth-order valence-corrected chi connectivity index (χ4v) is 4.53. The van der Waals surface area contributed by atoms with E-state index >= 15 is 0 Å². The van der Waals surface area contributed by atoms with E-state index in [9.17, 15) is 9.59 Å². The smallest absolute Gasteiger partial charge is 0.410 e. The lowest BCUT2D eigenvalue weighted by atomic mass is 10.2. The summed E-state index contributed by atoms with van der Waals surface area (Å²) in [5.74, 6) is 0.548. The molecule has 2 aromatic heterocycles. The lowest BCUT2D eigenvalue weighted by molar-refractivity contribution is 0.0254. The number of rotatable bonds is 4. The third-order valence-corrected chi connectivity index (χ3v) is 6.27. The third kappa shape index (κ3) is 5.15. The van der Waals surface area contributed by atoms with Gasteiger partial charge < -0.3 is 18.9 Å². The molecule has 186 valence electrons. The van der Waals surface area contributed by atoms with Gasteiger partial charge in [-0.3, -0.25) is 9.36 Å². The Morgan fingerprint density at radius 2 is 1.75 bits per heavy atom. The molecule has 1 amide bonds. The van der Waals surface area contributed by atoms with E-state index in [0.29, 0.717) is 32.0 Å². The number of fused-ring (bicyclic) bond motifs is 3. The van der Waals surface area contributed by atoms with Crippen molar-refractivity contribution >= 4 is 17.0 Å². The number of nitrogens with zero attached hydrogens (tertiary/aromatic N) is 3. The summed E-state index contributed by atoms with van der Waals surface area (Å²) < 4.78 is 15.2. The summed E-state index contributed by atoms with van der Waals surface area (Å²) in [4.78, 5) is 27.2. The summed E-state index contributed by atoms with van der Waals surface area (Å²) in [6.07, 6.45) is 2.23. The Bertz CT molecular complexity index is 1450. The van der Waals surface area contributed by atoms with Gasteiger partial charge in [-0.15, -0.1) is 0 Å². The first-order valence-electron chi connectivity index (χ1n) is 12.3. The molecule has 0 spiro atoms. The van der Waals surface area contributed by atoms with Crippen LogP contribution < -0.4 is 10.3 Å². The van der Waals surface area contributed by atoms with Crippen molar-refractivity contribution in [1.29, 1.82) is 0 Å². The Kier molecular flexibility index (Phi) is 6.31. The maximum absolute atomic E-state index is 12.9. The second-order valence-corrected chi connectivity index (χ2v) is 10.1. The van der Waals surface area contributed by atoms with Crippen molar-refractivity contribution in [3.05, 3.63) is 94.5 Å². The predicted octanol–water partition coefficient (Wildman–Crippen LogP) is 5.16. The molecule has 0 aliphatic carbocycles. The van der Waals surface area contributed by atoms with Gasteiger partial charge in [0.25, 0.3) is 5.56 Å². The minimum absolute atomic E-state index is 0.145. The number of carbonyl (C=O) groups excluding carboxylic acids is 1. The van der Waals surface area contributed by atoms with Gasteiger partial charge in [0.15, 0.2) is 0 Å². The molecular weight excluding hydrogens is 454 g/mol. The van der Waals surface area contributed by atoms with Crippen LogP contribution in [0.2, 0.25) is 0 Å². The molecule has 0 saturated carbocycles. The summed E-state index contributed by atoms with van der Waals surface area (Å²) in [5.41, 5.74) is 3.47. The van der Waals surface area contributed by atoms with Crippen molar-refractivity contribution in [2.45, 2.75) is 45.9 Å². The molecular formula is C29H31N3O4. The minimum Gasteiger partial charge on any atom is -0.489 e. The van der Waals surface area contributed by atoms with Gasteiger partial charge in [0.2, 0.25) is 0 Å². The largest absolute Gasteiger partial charge is 0.489 e. The van der Waals surface area contributed by atoms with Gasteiger partial charge in [0, 0.05) is 60.6 Å². The van der Waals surface area contributed by atoms with Gasteiger partial charge >= 0.3 is 6.09 Å². The Balaban J connectivity index is 1.32. The second-order valence-electron chi connectivity index (χ2n) is 10.1. The van der Waals surface area contributed by atoms with E-state index in [4.69, 9.17) is 9.47 Å². The van der Waals surface area contributed by atoms with Crippen LogP contribution in [-0.4, -0.2) is 38.8 Å². The molecule has 3 heterocycles. The third-order valence-electron chi connectivity index (χ3n) is 6.27. The van der Waals surface area contributed by atoms with Crippen molar-refractivity contribution in [3.8, 4) is 11.4 Å². The standard InChI is InChI=1S/C29H31N3O4/c1-29(2,3)36-28(34)30-13-11-24-18-22-17-23(9-10-26(22)31(24)16-15-30)32-14-12-25(19-27(32)33)35-20-21-7-5-4-6-8-21/h4-10,12,14,17-19H,11,13,15-16,20H2,1-3H3. The van der Waals surface area contributed by atoms with Gasteiger partial charge in [-0.05, 0) is 56.7 Å². The van der Waals surface area contributed by atoms with Gasteiger partial charge in [0.1, 0.15) is 18.0 Å². The van der Waals surface area contributed by atoms with Gasteiger partial charge in [-0.25, -0.2) is 4.79 Å². The molecule has 4 aromatic rings. The topological polar surface area (TPSA) is 65.7 Å². The number of amides is 1. The van der Waals surface area contributed by atoms with Crippen LogP contribution in [0.25, 0.3) is 16.6 Å². The van der Waals surface area contributed by atoms with E-state index in [-0.39, 0.29) is 11.7 Å². The van der Waals surface area contributed by atoms with Crippen molar-refractivity contribution in [3.63, 3.8) is 0 Å². The first-order valence-corrected chi connectivity index (χ1v) is 12.3. The molecule has 0 atom stereocenters. The zero-order valence-electron chi connectivity index (χ0n) is 20.9. The van der Waals surface area contributed by atoms with E-state index in [1.165, 1.54) is 11.8 Å². The Hall–Kier alpha value is -4.00. The number of carbonyl (C=O) groups is 1. The Morgan fingerprint density at radius 1 is 0.944 bits per heavy atom. The molecule has 5 rings (SSSR count). The van der Waals surface area contributed by atoms with E-state index in [2.05, 4.69) is 10.6 Å². The summed E-state index contributed by atoms with van der Waals surface area (Å²) in [6.45, 7) is 7.97. The zero-order valence-corrected chi connectivity index (χ0v) is 20.9. The maximum atomic E-state index is 12.9. The van der Waals surface area contributed by atoms with Crippen molar-refractivity contribution in [2.75, 3.05) is 13.1 Å². The number of ether oxygens (including phenoxy) is 2. The fraction of sp³-hybridized carbons (Fsp3) is 0.310. The average molecular weight is 486 g/mol. The highest BCUT2D eigenvalue weighted by Gasteiger charge is 2.25. The van der Waals surface area contributed by atoms with Crippen LogP contribution in [0.1, 0.15) is 32.0 Å². The minimum atomic E-state index is -0.508. The molecule has 36 heavy (non-hydrogen) atoms. The molecule has 0 unspecified atom stereocenters. The normalized spacial score (nSPS) is 13.8. The van der Waals surface area contributed by atoms with Gasteiger partial charge in [-0.1, -0.05) is 30.3 Å². The van der Waals surface area contributed by atoms with Crippen LogP contribution in [0.3, 0.4) is 0 Å². The molecule has 0 saturated heterocycles. The Labute approximate surface area is 210 Å². The summed E-state index contributed by atoms with van der Waals surface area (Å²) >= 11 is 0. The fourth-order valence-electron chi connectivity index (χ4n) is 4.53. The second kappa shape index (κ2) is 9.57. The highest BCUT2D eigenvalue weighted by Crippen LogP contribution is 2.25. The lowest BCUT2D eigenvalue weighted by Crippen LogP contribution is -2.38. The summed E-state index contributed by atoms with van der Waals surface area (Å²) in [7, 11) is 0. The molecule has 0 radical (unpaired) electrons. The first kappa shape index (κ1) is 23.7. The molecule has 0 N–H and O–H groups in total. The number of benzene rings is 2. The SMILES string of the molecule is CC(C)(C)OC(=O)N1CCc2cc3cc(-n4ccc(OCc5ccccc5)cc4=O)ccc3n2CC1. The quantitative estimate of drug-likeness (QED) is 0.400. The van der Waals surface area contributed by atoms with E-state index in [0.717, 1.165) is 28.6 Å². The predicted molar refractivity (Wildman–Crippen MR) is 140 cm³/mol. The van der Waals surface area contributed by atoms with Crippen LogP contribution in [0.15, 0.2) is 77.7 Å². The van der Waals surface area contributed by atoms with Gasteiger partial charge in [0.05, 0.1) is 0 Å². The van der Waals surface area contributed by atoms with E-state index in [1.54, 1.807) is 15.7 Å². The molecule has 1 aliphatic heterocycles. The van der Waals surface area contributed by atoms with Crippen LogP contribution in [0.5, 0.6) is 5.75 Å². The van der Waals surface area contributed by atoms with Crippen molar-refractivity contribution in [1.82, 2.24) is 14.0 Å². The molecule has 2 aromatic carbocycles.